The van der Waals surface area contributed by atoms with Gasteiger partial charge in [0.25, 0.3) is 0 Å². The molecule has 148 valence electrons. The summed E-state index contributed by atoms with van der Waals surface area (Å²) < 4.78 is 11.3. The first-order valence-corrected chi connectivity index (χ1v) is 9.50. The fraction of sp³-hybridized carbons (Fsp3) is 0.238. The van der Waals surface area contributed by atoms with Crippen molar-refractivity contribution in [3.8, 4) is 11.5 Å². The fourth-order valence-electron chi connectivity index (χ4n) is 2.52. The van der Waals surface area contributed by atoms with Crippen LogP contribution in [0.25, 0.3) is 6.08 Å². The number of anilines is 1. The average molecular weight is 447 g/mol. The molecule has 0 heterocycles. The number of carbonyl (C=O) groups excluding carboxylic acids is 2. The first-order chi connectivity index (χ1) is 13.5. The minimum atomic E-state index is -0.281. The van der Waals surface area contributed by atoms with E-state index in [-0.39, 0.29) is 18.4 Å². The molecule has 0 bridgehead atoms. The SMILES string of the molecule is CCN(CC(=O)Nc1cccc(OC)c1)C(=O)/C=C/c1cc(Br)ccc1OC. The summed E-state index contributed by atoms with van der Waals surface area (Å²) in [6.45, 7) is 2.18. The molecule has 0 radical (unpaired) electrons. The zero-order valence-corrected chi connectivity index (χ0v) is 17.7. The molecule has 0 aliphatic carbocycles. The molecule has 7 heteroatoms. The van der Waals surface area contributed by atoms with Crippen LogP contribution in [0.15, 0.2) is 53.0 Å². The molecule has 0 aliphatic rings. The van der Waals surface area contributed by atoms with E-state index in [1.54, 1.807) is 44.6 Å². The molecule has 2 aromatic rings. The number of carbonyl (C=O) groups is 2. The van der Waals surface area contributed by atoms with E-state index in [1.165, 1.54) is 11.0 Å². The number of rotatable bonds is 8. The van der Waals surface area contributed by atoms with E-state index in [4.69, 9.17) is 9.47 Å². The van der Waals surface area contributed by atoms with E-state index in [0.29, 0.717) is 23.7 Å². The van der Waals surface area contributed by atoms with Crippen molar-refractivity contribution in [1.82, 2.24) is 4.90 Å². The second-order valence-corrected chi connectivity index (χ2v) is 6.77. The second-order valence-electron chi connectivity index (χ2n) is 5.85. The molecule has 28 heavy (non-hydrogen) atoms. The molecule has 2 rings (SSSR count). The zero-order valence-electron chi connectivity index (χ0n) is 16.1. The molecule has 0 atom stereocenters. The van der Waals surface area contributed by atoms with Crippen molar-refractivity contribution in [3.63, 3.8) is 0 Å². The monoisotopic (exact) mass is 446 g/mol. The predicted molar refractivity (Wildman–Crippen MR) is 114 cm³/mol. The van der Waals surface area contributed by atoms with Crippen LogP contribution < -0.4 is 14.8 Å². The Morgan fingerprint density at radius 2 is 1.93 bits per heavy atom. The van der Waals surface area contributed by atoms with E-state index >= 15 is 0 Å². The van der Waals surface area contributed by atoms with Gasteiger partial charge < -0.3 is 19.7 Å². The Bertz CT molecular complexity index is 867. The van der Waals surface area contributed by atoms with Crippen molar-refractivity contribution in [2.45, 2.75) is 6.92 Å². The van der Waals surface area contributed by atoms with Gasteiger partial charge in [-0.2, -0.15) is 0 Å². The summed E-state index contributed by atoms with van der Waals surface area (Å²) in [4.78, 5) is 26.3. The van der Waals surface area contributed by atoms with Gasteiger partial charge in [0.2, 0.25) is 11.8 Å². The summed E-state index contributed by atoms with van der Waals surface area (Å²) in [6.07, 6.45) is 3.11. The molecule has 0 saturated heterocycles. The average Bonchev–Trinajstić information content (AvgIpc) is 2.70. The molecule has 0 fully saturated rings. The van der Waals surface area contributed by atoms with Gasteiger partial charge in [0.1, 0.15) is 18.0 Å². The lowest BCUT2D eigenvalue weighted by Crippen LogP contribution is -2.36. The number of amides is 2. The lowest BCUT2D eigenvalue weighted by molar-refractivity contribution is -0.130. The summed E-state index contributed by atoms with van der Waals surface area (Å²) >= 11 is 3.40. The highest BCUT2D eigenvalue weighted by Gasteiger charge is 2.14. The van der Waals surface area contributed by atoms with Crippen LogP contribution in [0.4, 0.5) is 5.69 Å². The third-order valence-corrected chi connectivity index (χ3v) is 4.47. The van der Waals surface area contributed by atoms with Gasteiger partial charge in [-0.25, -0.2) is 0 Å². The van der Waals surface area contributed by atoms with Crippen LogP contribution in [-0.4, -0.2) is 44.0 Å². The molecule has 0 aliphatic heterocycles. The number of halogens is 1. The number of ether oxygens (including phenoxy) is 2. The molecule has 2 amide bonds. The zero-order chi connectivity index (χ0) is 20.5. The summed E-state index contributed by atoms with van der Waals surface area (Å²) in [6, 6.07) is 12.6. The molecule has 0 saturated carbocycles. The van der Waals surface area contributed by atoms with Crippen LogP contribution in [0.3, 0.4) is 0 Å². The van der Waals surface area contributed by atoms with Crippen LogP contribution >= 0.6 is 15.9 Å². The van der Waals surface area contributed by atoms with Gasteiger partial charge in [-0.3, -0.25) is 9.59 Å². The summed E-state index contributed by atoms with van der Waals surface area (Å²) in [5, 5.41) is 2.77. The van der Waals surface area contributed by atoms with Crippen molar-refractivity contribution < 1.29 is 19.1 Å². The van der Waals surface area contributed by atoms with Crippen molar-refractivity contribution in [3.05, 3.63) is 58.6 Å². The van der Waals surface area contributed by atoms with Crippen molar-refractivity contribution in [2.75, 3.05) is 32.6 Å². The highest BCUT2D eigenvalue weighted by Crippen LogP contribution is 2.24. The first-order valence-electron chi connectivity index (χ1n) is 8.71. The third-order valence-electron chi connectivity index (χ3n) is 3.98. The molecular weight excluding hydrogens is 424 g/mol. The summed E-state index contributed by atoms with van der Waals surface area (Å²) in [5.74, 6) is 0.764. The summed E-state index contributed by atoms with van der Waals surface area (Å²) in [7, 11) is 3.13. The van der Waals surface area contributed by atoms with Crippen LogP contribution in [0.1, 0.15) is 12.5 Å². The Labute approximate surface area is 173 Å². The van der Waals surface area contributed by atoms with E-state index in [0.717, 1.165) is 10.0 Å². The third kappa shape index (κ3) is 6.13. The number of methoxy groups -OCH3 is 2. The first kappa shape index (κ1) is 21.5. The number of nitrogens with one attached hydrogen (secondary N) is 1. The maximum Gasteiger partial charge on any atom is 0.247 e. The molecule has 6 nitrogen and oxygen atoms in total. The van der Waals surface area contributed by atoms with Gasteiger partial charge in [0.15, 0.2) is 0 Å². The Kier molecular flexibility index (Phi) is 8.07. The van der Waals surface area contributed by atoms with Crippen molar-refractivity contribution >= 4 is 39.5 Å². The lowest BCUT2D eigenvalue weighted by atomic mass is 10.2. The standard InChI is InChI=1S/C21H23BrN2O4/c1-4-24(14-20(25)23-17-6-5-7-18(13-17)27-2)21(26)11-8-15-12-16(22)9-10-19(15)28-3/h5-13H,4,14H2,1-3H3,(H,23,25)/b11-8+. The van der Waals surface area contributed by atoms with Crippen LogP contribution in [0.5, 0.6) is 11.5 Å². The maximum absolute atomic E-state index is 12.5. The number of nitrogens with zero attached hydrogens (tertiary/aromatic N) is 1. The van der Waals surface area contributed by atoms with Crippen LogP contribution in [0, 0.1) is 0 Å². The largest absolute Gasteiger partial charge is 0.497 e. The Hall–Kier alpha value is -2.80. The van der Waals surface area contributed by atoms with Crippen LogP contribution in [0.2, 0.25) is 0 Å². The minimum Gasteiger partial charge on any atom is -0.497 e. The molecule has 0 aromatic heterocycles. The maximum atomic E-state index is 12.5. The Morgan fingerprint density at radius 3 is 2.61 bits per heavy atom. The molecule has 0 spiro atoms. The minimum absolute atomic E-state index is 0.0491. The second kappa shape index (κ2) is 10.5. The number of hydrogen-bond donors (Lipinski definition) is 1. The molecule has 0 unspecified atom stereocenters. The van der Waals surface area contributed by atoms with E-state index in [2.05, 4.69) is 21.2 Å². The van der Waals surface area contributed by atoms with Crippen molar-refractivity contribution in [2.24, 2.45) is 0 Å². The van der Waals surface area contributed by atoms with E-state index < -0.39 is 0 Å². The van der Waals surface area contributed by atoms with Crippen LogP contribution in [-0.2, 0) is 9.59 Å². The Morgan fingerprint density at radius 1 is 1.14 bits per heavy atom. The highest BCUT2D eigenvalue weighted by atomic mass is 79.9. The normalized spacial score (nSPS) is 10.6. The smallest absolute Gasteiger partial charge is 0.247 e. The lowest BCUT2D eigenvalue weighted by Gasteiger charge is -2.18. The van der Waals surface area contributed by atoms with Gasteiger partial charge in [-0.05, 0) is 43.3 Å². The van der Waals surface area contributed by atoms with Gasteiger partial charge in [-0.15, -0.1) is 0 Å². The number of benzene rings is 2. The van der Waals surface area contributed by atoms with Gasteiger partial charge in [-0.1, -0.05) is 22.0 Å². The quantitative estimate of drug-likeness (QED) is 0.622. The molecule has 2 aromatic carbocycles. The van der Waals surface area contributed by atoms with E-state index in [1.807, 2.05) is 25.1 Å². The van der Waals surface area contributed by atoms with Gasteiger partial charge >= 0.3 is 0 Å². The topological polar surface area (TPSA) is 67.9 Å². The highest BCUT2D eigenvalue weighted by molar-refractivity contribution is 9.10. The fourth-order valence-corrected chi connectivity index (χ4v) is 2.90. The summed E-state index contributed by atoms with van der Waals surface area (Å²) in [5.41, 5.74) is 1.38. The van der Waals surface area contributed by atoms with Crippen molar-refractivity contribution in [1.29, 1.82) is 0 Å². The molecular formula is C21H23BrN2O4. The van der Waals surface area contributed by atoms with Gasteiger partial charge in [0.05, 0.1) is 14.2 Å². The van der Waals surface area contributed by atoms with E-state index in [9.17, 15) is 9.59 Å². The number of hydrogen-bond acceptors (Lipinski definition) is 4. The molecule has 1 N–H and O–H groups in total. The Balaban J connectivity index is 2.02. The predicted octanol–water partition coefficient (Wildman–Crippen LogP) is 3.97. The van der Waals surface area contributed by atoms with Gasteiger partial charge in [0, 0.05) is 34.4 Å². The number of likely N-dealkylation sites (N-methyl/N-ethyl adjacent to an activating group) is 1.